The molecule has 1 aliphatic heterocycles. The highest BCUT2D eigenvalue weighted by Gasteiger charge is 2.47. The Balaban J connectivity index is 1.46. The van der Waals surface area contributed by atoms with Crippen molar-refractivity contribution in [2.24, 2.45) is 0 Å². The number of hydrogen-bond acceptors (Lipinski definition) is 6. The molecule has 0 radical (unpaired) electrons. The molecule has 0 aliphatic carbocycles. The number of rotatable bonds is 12. The number of nitrogens with one attached hydrogen (secondary N) is 1. The summed E-state index contributed by atoms with van der Waals surface area (Å²) in [4.78, 5) is 43.9. The highest BCUT2D eigenvalue weighted by Crippen LogP contribution is 2.28. The lowest BCUT2D eigenvalue weighted by Gasteiger charge is -2.34. The fourth-order valence-electron chi connectivity index (χ4n) is 4.15. The van der Waals surface area contributed by atoms with E-state index in [9.17, 15) is 27.6 Å². The van der Waals surface area contributed by atoms with Crippen LogP contribution in [0.1, 0.15) is 19.4 Å². The standard InChI is InChI=1S/C29H28F3N3O6/c1-28(2)26(37)33-27(38)34(28)16-23(35(19-36)40-17-20-6-4-3-5-7-20)18-39-24-12-8-21(9-13-24)22-10-14-25(15-11-22)41-29(30,31)32/h3-15,19,23H,16-18H2,1-2H3,(H,33,37,38)/t23-/m1/s1. The van der Waals surface area contributed by atoms with Crippen molar-refractivity contribution in [3.05, 3.63) is 84.4 Å². The van der Waals surface area contributed by atoms with Gasteiger partial charge in [0.05, 0.1) is 0 Å². The second kappa shape index (κ2) is 12.3. The van der Waals surface area contributed by atoms with Crippen LogP contribution >= 0.6 is 0 Å². The first-order chi connectivity index (χ1) is 19.5. The molecule has 1 atom stereocenters. The minimum atomic E-state index is -4.77. The second-order valence-corrected chi connectivity index (χ2v) is 9.71. The van der Waals surface area contributed by atoms with Crippen molar-refractivity contribution in [2.75, 3.05) is 13.2 Å². The maximum atomic E-state index is 12.5. The van der Waals surface area contributed by atoms with Gasteiger partial charge in [-0.2, -0.15) is 0 Å². The van der Waals surface area contributed by atoms with E-state index < -0.39 is 29.9 Å². The molecule has 12 heteroatoms. The fraction of sp³-hybridized carbons (Fsp3) is 0.276. The summed E-state index contributed by atoms with van der Waals surface area (Å²) in [6.07, 6.45) is -4.27. The van der Waals surface area contributed by atoms with Gasteiger partial charge in [0.15, 0.2) is 0 Å². The van der Waals surface area contributed by atoms with E-state index in [4.69, 9.17) is 9.57 Å². The fourth-order valence-corrected chi connectivity index (χ4v) is 4.15. The Kier molecular flexibility index (Phi) is 8.82. The van der Waals surface area contributed by atoms with Gasteiger partial charge in [0, 0.05) is 6.54 Å². The molecule has 216 valence electrons. The van der Waals surface area contributed by atoms with Gasteiger partial charge in [-0.15, -0.1) is 13.2 Å². The molecule has 1 heterocycles. The lowest BCUT2D eigenvalue weighted by Crippen LogP contribution is -2.53. The van der Waals surface area contributed by atoms with Crippen molar-refractivity contribution >= 4 is 18.3 Å². The van der Waals surface area contributed by atoms with Crippen LogP contribution < -0.4 is 14.8 Å². The van der Waals surface area contributed by atoms with Crippen molar-refractivity contribution in [3.8, 4) is 22.6 Å². The Morgan fingerprint density at radius 3 is 2.02 bits per heavy atom. The molecule has 1 N–H and O–H groups in total. The number of carbonyl (C=O) groups excluding carboxylic acids is 3. The number of imide groups is 1. The Bertz CT molecular complexity index is 1350. The van der Waals surface area contributed by atoms with E-state index in [2.05, 4.69) is 10.1 Å². The van der Waals surface area contributed by atoms with E-state index in [1.807, 2.05) is 30.3 Å². The Labute approximate surface area is 234 Å². The van der Waals surface area contributed by atoms with E-state index in [1.165, 1.54) is 29.2 Å². The molecule has 9 nitrogen and oxygen atoms in total. The summed E-state index contributed by atoms with van der Waals surface area (Å²) in [7, 11) is 0. The van der Waals surface area contributed by atoms with Crippen LogP contribution in [0.15, 0.2) is 78.9 Å². The smallest absolute Gasteiger partial charge is 0.491 e. The second-order valence-electron chi connectivity index (χ2n) is 9.71. The van der Waals surface area contributed by atoms with Crippen molar-refractivity contribution in [1.82, 2.24) is 15.3 Å². The predicted octanol–water partition coefficient (Wildman–Crippen LogP) is 4.92. The minimum Gasteiger partial charge on any atom is -0.491 e. The van der Waals surface area contributed by atoms with E-state index >= 15 is 0 Å². The summed E-state index contributed by atoms with van der Waals surface area (Å²) in [6, 6.07) is 20.1. The first-order valence-electron chi connectivity index (χ1n) is 12.6. The maximum Gasteiger partial charge on any atom is 0.573 e. The molecule has 4 amide bonds. The average molecular weight is 572 g/mol. The number of halogens is 3. The molecular formula is C29H28F3N3O6. The van der Waals surface area contributed by atoms with E-state index in [0.29, 0.717) is 17.7 Å². The summed E-state index contributed by atoms with van der Waals surface area (Å²) < 4.78 is 47.1. The summed E-state index contributed by atoms with van der Waals surface area (Å²) in [6.45, 7) is 3.16. The van der Waals surface area contributed by atoms with Crippen LogP contribution in [0.5, 0.6) is 11.5 Å². The van der Waals surface area contributed by atoms with Gasteiger partial charge in [-0.3, -0.25) is 19.7 Å². The third-order valence-corrected chi connectivity index (χ3v) is 6.49. The molecular weight excluding hydrogens is 543 g/mol. The van der Waals surface area contributed by atoms with Gasteiger partial charge in [0.25, 0.3) is 5.91 Å². The quantitative estimate of drug-likeness (QED) is 0.188. The molecule has 3 aromatic carbocycles. The summed E-state index contributed by atoms with van der Waals surface area (Å²) in [5.41, 5.74) is 1.06. The number of benzene rings is 3. The number of ether oxygens (including phenoxy) is 2. The molecule has 0 bridgehead atoms. The first kappa shape index (κ1) is 29.4. The summed E-state index contributed by atoms with van der Waals surface area (Å²) in [5.74, 6) is -0.345. The van der Waals surface area contributed by atoms with Crippen LogP contribution in [0.2, 0.25) is 0 Å². The summed E-state index contributed by atoms with van der Waals surface area (Å²) in [5, 5.41) is 3.35. The first-order valence-corrected chi connectivity index (χ1v) is 12.6. The zero-order chi connectivity index (χ0) is 29.6. The van der Waals surface area contributed by atoms with Crippen LogP contribution in [-0.4, -0.2) is 59.4 Å². The number of nitrogens with zero attached hydrogens (tertiary/aromatic N) is 2. The van der Waals surface area contributed by atoms with Crippen molar-refractivity contribution in [3.63, 3.8) is 0 Å². The molecule has 0 unspecified atom stereocenters. The van der Waals surface area contributed by atoms with E-state index in [1.54, 1.807) is 38.1 Å². The third-order valence-electron chi connectivity index (χ3n) is 6.49. The lowest BCUT2D eigenvalue weighted by molar-refractivity contribution is -0.274. The van der Waals surface area contributed by atoms with Gasteiger partial charge in [-0.25, -0.2) is 9.86 Å². The third kappa shape index (κ3) is 7.54. The molecule has 41 heavy (non-hydrogen) atoms. The topological polar surface area (TPSA) is 97.4 Å². The number of alkyl halides is 3. The number of urea groups is 1. The van der Waals surface area contributed by atoms with Crippen LogP contribution in [0, 0.1) is 0 Å². The van der Waals surface area contributed by atoms with E-state index in [-0.39, 0.29) is 25.5 Å². The van der Waals surface area contributed by atoms with Crippen LogP contribution in [0.25, 0.3) is 11.1 Å². The maximum absolute atomic E-state index is 12.5. The zero-order valence-corrected chi connectivity index (χ0v) is 22.3. The molecule has 4 rings (SSSR count). The Hall–Kier alpha value is -4.58. The number of hydrogen-bond donors (Lipinski definition) is 1. The SMILES string of the molecule is CC1(C)C(=O)NC(=O)N1C[C@H](COc1ccc(-c2ccc(OC(F)(F)F)cc2)cc1)N(C=O)OCc1ccccc1. The normalized spacial score (nSPS) is 15.3. The van der Waals surface area contributed by atoms with Crippen molar-refractivity contribution in [2.45, 2.75) is 38.4 Å². The molecule has 0 spiro atoms. The average Bonchev–Trinajstić information content (AvgIpc) is 3.13. The van der Waals surface area contributed by atoms with Crippen LogP contribution in [-0.2, 0) is 21.0 Å². The zero-order valence-electron chi connectivity index (χ0n) is 22.3. The minimum absolute atomic E-state index is 0.0530. The van der Waals surface area contributed by atoms with Crippen molar-refractivity contribution in [1.29, 1.82) is 0 Å². The van der Waals surface area contributed by atoms with Gasteiger partial charge >= 0.3 is 12.4 Å². The predicted molar refractivity (Wildman–Crippen MR) is 141 cm³/mol. The number of carbonyl (C=O) groups is 3. The highest BCUT2D eigenvalue weighted by atomic mass is 19.4. The molecule has 0 saturated carbocycles. The van der Waals surface area contributed by atoms with Gasteiger partial charge in [-0.05, 0) is 54.8 Å². The molecule has 1 aliphatic rings. The van der Waals surface area contributed by atoms with Gasteiger partial charge in [0.2, 0.25) is 6.41 Å². The molecule has 3 aromatic rings. The molecule has 1 saturated heterocycles. The monoisotopic (exact) mass is 571 g/mol. The Morgan fingerprint density at radius 2 is 1.51 bits per heavy atom. The van der Waals surface area contributed by atoms with Gasteiger partial charge < -0.3 is 14.4 Å². The largest absolute Gasteiger partial charge is 0.573 e. The van der Waals surface area contributed by atoms with Crippen LogP contribution in [0.4, 0.5) is 18.0 Å². The molecule has 0 aromatic heterocycles. The van der Waals surface area contributed by atoms with Gasteiger partial charge in [0.1, 0.15) is 36.3 Å². The highest BCUT2D eigenvalue weighted by molar-refractivity contribution is 6.06. The Morgan fingerprint density at radius 1 is 0.927 bits per heavy atom. The number of hydroxylamine groups is 2. The van der Waals surface area contributed by atoms with Gasteiger partial charge in [-0.1, -0.05) is 54.6 Å². The van der Waals surface area contributed by atoms with Crippen molar-refractivity contribution < 1.29 is 41.9 Å². The number of amides is 4. The molecule has 1 fully saturated rings. The van der Waals surface area contributed by atoms with E-state index in [0.717, 1.165) is 16.2 Å². The van der Waals surface area contributed by atoms with Crippen LogP contribution in [0.3, 0.4) is 0 Å². The summed E-state index contributed by atoms with van der Waals surface area (Å²) >= 11 is 0. The lowest BCUT2D eigenvalue weighted by atomic mass is 10.0.